The number of esters is 1. The summed E-state index contributed by atoms with van der Waals surface area (Å²) in [6.07, 6.45) is 0.293. The maximum atomic E-state index is 12.4. The van der Waals surface area contributed by atoms with Crippen LogP contribution in [0.5, 0.6) is 5.75 Å². The molecule has 3 N–H and O–H groups in total. The standard InChI is InChI=1S/C18H17IN2O4/c1-11(22)25-15-7-3-5-13(10-15)18(24)21-16(17(20)23)9-12-4-2-6-14(19)8-12/h2-8,10,16H,9H2,1H3,(H2,20,23)(H,21,24)/t16-/m0/s1. The van der Waals surface area contributed by atoms with Crippen molar-refractivity contribution in [1.82, 2.24) is 5.32 Å². The number of carbonyl (C=O) groups excluding carboxylic acids is 3. The van der Waals surface area contributed by atoms with Crippen molar-refractivity contribution in [2.45, 2.75) is 19.4 Å². The minimum atomic E-state index is -0.844. The fraction of sp³-hybridized carbons (Fsp3) is 0.167. The molecule has 0 heterocycles. The van der Waals surface area contributed by atoms with Crippen molar-refractivity contribution in [2.24, 2.45) is 5.73 Å². The molecule has 1 atom stereocenters. The molecular weight excluding hydrogens is 435 g/mol. The van der Waals surface area contributed by atoms with Crippen LogP contribution < -0.4 is 15.8 Å². The van der Waals surface area contributed by atoms with Crippen LogP contribution in [0.4, 0.5) is 0 Å². The highest BCUT2D eigenvalue weighted by molar-refractivity contribution is 14.1. The average molecular weight is 452 g/mol. The highest BCUT2D eigenvalue weighted by Gasteiger charge is 2.20. The molecule has 2 rings (SSSR count). The Kier molecular flexibility index (Phi) is 6.51. The Bertz CT molecular complexity index is 807. The van der Waals surface area contributed by atoms with E-state index in [4.69, 9.17) is 10.5 Å². The second kappa shape index (κ2) is 8.61. The summed E-state index contributed by atoms with van der Waals surface area (Å²) in [7, 11) is 0. The van der Waals surface area contributed by atoms with Crippen molar-refractivity contribution < 1.29 is 19.1 Å². The quantitative estimate of drug-likeness (QED) is 0.398. The van der Waals surface area contributed by atoms with Gasteiger partial charge < -0.3 is 15.8 Å². The van der Waals surface area contributed by atoms with Gasteiger partial charge in [0.2, 0.25) is 5.91 Å². The number of hydrogen-bond acceptors (Lipinski definition) is 4. The molecule has 0 aliphatic rings. The van der Waals surface area contributed by atoms with Crippen molar-refractivity contribution in [3.63, 3.8) is 0 Å². The summed E-state index contributed by atoms with van der Waals surface area (Å²) in [5.74, 6) is -1.31. The van der Waals surface area contributed by atoms with Crippen LogP contribution in [-0.4, -0.2) is 23.8 Å². The van der Waals surface area contributed by atoms with Crippen molar-refractivity contribution in [1.29, 1.82) is 0 Å². The Morgan fingerprint density at radius 2 is 1.88 bits per heavy atom. The van der Waals surface area contributed by atoms with Gasteiger partial charge in [0, 0.05) is 22.5 Å². The van der Waals surface area contributed by atoms with Crippen molar-refractivity contribution >= 4 is 40.4 Å². The molecule has 0 unspecified atom stereocenters. The normalized spacial score (nSPS) is 11.4. The molecule has 0 aliphatic heterocycles. The molecule has 0 fully saturated rings. The Hall–Kier alpha value is -2.42. The molecule has 6 nitrogen and oxygen atoms in total. The second-order valence-electron chi connectivity index (χ2n) is 5.38. The molecule has 0 aromatic heterocycles. The van der Waals surface area contributed by atoms with E-state index in [1.165, 1.54) is 13.0 Å². The lowest BCUT2D eigenvalue weighted by atomic mass is 10.0. The molecule has 2 aromatic rings. The lowest BCUT2D eigenvalue weighted by Crippen LogP contribution is -2.45. The minimum Gasteiger partial charge on any atom is -0.427 e. The third kappa shape index (κ3) is 5.86. The van der Waals surface area contributed by atoms with Crippen LogP contribution >= 0.6 is 22.6 Å². The molecule has 130 valence electrons. The molecule has 0 spiro atoms. The highest BCUT2D eigenvalue weighted by atomic mass is 127. The summed E-state index contributed by atoms with van der Waals surface area (Å²) >= 11 is 2.17. The van der Waals surface area contributed by atoms with Gasteiger partial charge in [0.25, 0.3) is 5.91 Å². The lowest BCUT2D eigenvalue weighted by molar-refractivity contribution is -0.131. The number of nitrogens with one attached hydrogen (secondary N) is 1. The van der Waals surface area contributed by atoms with E-state index in [1.807, 2.05) is 24.3 Å². The Labute approximate surface area is 158 Å². The van der Waals surface area contributed by atoms with Crippen LogP contribution in [0.2, 0.25) is 0 Å². The number of carbonyl (C=O) groups is 3. The maximum absolute atomic E-state index is 12.4. The topological polar surface area (TPSA) is 98.5 Å². The van der Waals surface area contributed by atoms with E-state index in [-0.39, 0.29) is 11.3 Å². The van der Waals surface area contributed by atoms with Gasteiger partial charge in [-0.2, -0.15) is 0 Å². The molecule has 0 aliphatic carbocycles. The van der Waals surface area contributed by atoms with E-state index in [9.17, 15) is 14.4 Å². The smallest absolute Gasteiger partial charge is 0.308 e. The Morgan fingerprint density at radius 3 is 2.52 bits per heavy atom. The van der Waals surface area contributed by atoms with Gasteiger partial charge in [0.1, 0.15) is 11.8 Å². The summed E-state index contributed by atoms with van der Waals surface area (Å²) in [6.45, 7) is 1.27. The number of benzene rings is 2. The third-order valence-corrected chi connectivity index (χ3v) is 4.01. The third-order valence-electron chi connectivity index (χ3n) is 3.34. The first-order chi connectivity index (χ1) is 11.8. The fourth-order valence-corrected chi connectivity index (χ4v) is 2.84. The van der Waals surface area contributed by atoms with Gasteiger partial charge >= 0.3 is 5.97 Å². The van der Waals surface area contributed by atoms with E-state index in [0.717, 1.165) is 9.13 Å². The van der Waals surface area contributed by atoms with Crippen LogP contribution in [-0.2, 0) is 16.0 Å². The Balaban J connectivity index is 2.12. The molecule has 0 saturated carbocycles. The van der Waals surface area contributed by atoms with E-state index in [1.54, 1.807) is 18.2 Å². The zero-order valence-electron chi connectivity index (χ0n) is 13.5. The van der Waals surface area contributed by atoms with Gasteiger partial charge in [0.05, 0.1) is 0 Å². The first-order valence-corrected chi connectivity index (χ1v) is 8.56. The number of halogens is 1. The van der Waals surface area contributed by atoms with Gasteiger partial charge in [0.15, 0.2) is 0 Å². The first-order valence-electron chi connectivity index (χ1n) is 7.48. The van der Waals surface area contributed by atoms with Crippen molar-refractivity contribution in [2.75, 3.05) is 0 Å². The molecule has 0 saturated heterocycles. The van der Waals surface area contributed by atoms with Gasteiger partial charge in [-0.3, -0.25) is 14.4 Å². The molecule has 25 heavy (non-hydrogen) atoms. The zero-order valence-corrected chi connectivity index (χ0v) is 15.6. The van der Waals surface area contributed by atoms with E-state index in [2.05, 4.69) is 27.9 Å². The number of nitrogens with two attached hydrogens (primary N) is 1. The van der Waals surface area contributed by atoms with E-state index in [0.29, 0.717) is 6.42 Å². The van der Waals surface area contributed by atoms with Crippen LogP contribution in [0.15, 0.2) is 48.5 Å². The molecule has 7 heteroatoms. The molecule has 2 aromatic carbocycles. The second-order valence-corrected chi connectivity index (χ2v) is 6.63. The van der Waals surface area contributed by atoms with Crippen LogP contribution in [0.25, 0.3) is 0 Å². The van der Waals surface area contributed by atoms with Gasteiger partial charge in [-0.15, -0.1) is 0 Å². The zero-order chi connectivity index (χ0) is 18.4. The average Bonchev–Trinajstić information content (AvgIpc) is 2.53. The fourth-order valence-electron chi connectivity index (χ4n) is 2.23. The summed E-state index contributed by atoms with van der Waals surface area (Å²) in [5, 5.41) is 2.62. The van der Waals surface area contributed by atoms with Crippen molar-refractivity contribution in [3.05, 3.63) is 63.2 Å². The number of hydrogen-bond donors (Lipinski definition) is 2. The largest absolute Gasteiger partial charge is 0.427 e. The van der Waals surface area contributed by atoms with Gasteiger partial charge in [-0.1, -0.05) is 18.2 Å². The summed E-state index contributed by atoms with van der Waals surface area (Å²) in [5.41, 5.74) is 6.58. The highest BCUT2D eigenvalue weighted by Crippen LogP contribution is 2.14. The molecular formula is C18H17IN2O4. The van der Waals surface area contributed by atoms with Gasteiger partial charge in [-0.05, 0) is 58.5 Å². The van der Waals surface area contributed by atoms with Gasteiger partial charge in [-0.25, -0.2) is 0 Å². The van der Waals surface area contributed by atoms with Crippen LogP contribution in [0.1, 0.15) is 22.8 Å². The van der Waals surface area contributed by atoms with Crippen LogP contribution in [0.3, 0.4) is 0 Å². The van der Waals surface area contributed by atoms with Crippen molar-refractivity contribution in [3.8, 4) is 5.75 Å². The number of amides is 2. The summed E-state index contributed by atoms with van der Waals surface area (Å²) < 4.78 is 5.98. The summed E-state index contributed by atoms with van der Waals surface area (Å²) in [4.78, 5) is 35.1. The SMILES string of the molecule is CC(=O)Oc1cccc(C(=O)N[C@@H](Cc2cccc(I)c2)C(N)=O)c1. The molecule has 0 bridgehead atoms. The minimum absolute atomic E-state index is 0.258. The monoisotopic (exact) mass is 452 g/mol. The predicted molar refractivity (Wildman–Crippen MR) is 101 cm³/mol. The lowest BCUT2D eigenvalue weighted by Gasteiger charge is -2.16. The van der Waals surface area contributed by atoms with E-state index < -0.39 is 23.8 Å². The number of primary amides is 1. The predicted octanol–water partition coefficient (Wildman–Crippen LogP) is 2.04. The van der Waals surface area contributed by atoms with Crippen LogP contribution in [0, 0.1) is 3.57 Å². The van der Waals surface area contributed by atoms with E-state index >= 15 is 0 Å². The number of rotatable bonds is 6. The first kappa shape index (κ1) is 18.9. The Morgan fingerprint density at radius 1 is 1.16 bits per heavy atom. The molecule has 2 amide bonds. The maximum Gasteiger partial charge on any atom is 0.308 e. The number of ether oxygens (including phenoxy) is 1. The summed E-state index contributed by atoms with van der Waals surface area (Å²) in [6, 6.07) is 12.9. The molecule has 0 radical (unpaired) electrons.